The van der Waals surface area contributed by atoms with Crippen LogP contribution in [0.15, 0.2) is 60.8 Å². The van der Waals surface area contributed by atoms with Crippen LogP contribution in [0.2, 0.25) is 0 Å². The molecule has 0 heterocycles. The molecule has 182 valence electrons. The van der Waals surface area contributed by atoms with Crippen LogP contribution in [0.3, 0.4) is 0 Å². The van der Waals surface area contributed by atoms with Gasteiger partial charge < -0.3 is 10.4 Å². The Morgan fingerprint density at radius 2 is 1.22 bits per heavy atom. The quantitative estimate of drug-likeness (QED) is 0.115. The van der Waals surface area contributed by atoms with Gasteiger partial charge in [-0.3, -0.25) is 4.79 Å². The first-order valence-electron chi connectivity index (χ1n) is 12.9. The van der Waals surface area contributed by atoms with E-state index in [4.69, 9.17) is 0 Å². The monoisotopic (exact) mass is 443 g/mol. The lowest BCUT2D eigenvalue weighted by atomic mass is 9.90. The molecule has 3 heteroatoms. The van der Waals surface area contributed by atoms with Crippen molar-refractivity contribution in [2.45, 2.75) is 110 Å². The first-order valence-corrected chi connectivity index (χ1v) is 12.9. The van der Waals surface area contributed by atoms with Gasteiger partial charge in [0, 0.05) is 12.6 Å². The number of amides is 1. The Morgan fingerprint density at radius 3 is 1.84 bits per heavy atom. The van der Waals surface area contributed by atoms with Gasteiger partial charge in [-0.2, -0.15) is 0 Å². The van der Waals surface area contributed by atoms with Crippen LogP contribution in [0, 0.1) is 0 Å². The minimum absolute atomic E-state index is 0.151. The fraction of sp³-hybridized carbons (Fsp3) is 0.621. The van der Waals surface area contributed by atoms with Gasteiger partial charge in [-0.15, -0.1) is 0 Å². The number of unbranched alkanes of at least 4 members (excludes halogenated alkanes) is 7. The van der Waals surface area contributed by atoms with Crippen molar-refractivity contribution in [2.24, 2.45) is 0 Å². The summed E-state index contributed by atoms with van der Waals surface area (Å²) in [5.41, 5.74) is -0.786. The van der Waals surface area contributed by atoms with Crippen molar-refractivity contribution < 1.29 is 9.90 Å². The van der Waals surface area contributed by atoms with Crippen molar-refractivity contribution in [3.8, 4) is 0 Å². The van der Waals surface area contributed by atoms with E-state index in [9.17, 15) is 9.90 Å². The predicted octanol–water partition coefficient (Wildman–Crippen LogP) is 7.75. The standard InChI is InChI=1S/C29H49NO2/c1-4-7-10-12-13-14-15-16-17-18-19-20-21-24-28(31)30-27-29(32,25-22-9-6-3)26-23-11-8-5-2/h10,12-14,17-21,24,32H,4-9,11,15-16,22-23,25-27H2,1-3H3,(H,30,31). The van der Waals surface area contributed by atoms with Gasteiger partial charge >= 0.3 is 0 Å². The smallest absolute Gasteiger partial charge is 0.244 e. The van der Waals surface area contributed by atoms with Crippen LogP contribution in [-0.4, -0.2) is 23.2 Å². The normalized spacial score (nSPS) is 14.5. The predicted molar refractivity (Wildman–Crippen MR) is 141 cm³/mol. The van der Waals surface area contributed by atoms with E-state index in [1.807, 2.05) is 18.2 Å². The zero-order chi connectivity index (χ0) is 23.8. The minimum atomic E-state index is -0.786. The summed E-state index contributed by atoms with van der Waals surface area (Å²) in [6, 6.07) is 0. The summed E-state index contributed by atoms with van der Waals surface area (Å²) in [5, 5.41) is 13.9. The van der Waals surface area contributed by atoms with Crippen LogP contribution in [-0.2, 0) is 4.79 Å². The van der Waals surface area contributed by atoms with Gasteiger partial charge in [-0.25, -0.2) is 0 Å². The molecule has 0 bridgehead atoms. The van der Waals surface area contributed by atoms with Crippen LogP contribution in [0.1, 0.15) is 104 Å². The highest BCUT2D eigenvalue weighted by atomic mass is 16.3. The maximum atomic E-state index is 12.1. The highest BCUT2D eigenvalue weighted by Crippen LogP contribution is 2.22. The Kier molecular flexibility index (Phi) is 21.0. The highest BCUT2D eigenvalue weighted by Gasteiger charge is 2.26. The second-order valence-corrected chi connectivity index (χ2v) is 8.60. The van der Waals surface area contributed by atoms with Crippen LogP contribution in [0.4, 0.5) is 0 Å². The van der Waals surface area contributed by atoms with E-state index in [-0.39, 0.29) is 5.91 Å². The van der Waals surface area contributed by atoms with Crippen LogP contribution < -0.4 is 5.32 Å². The van der Waals surface area contributed by atoms with Crippen LogP contribution >= 0.6 is 0 Å². The minimum Gasteiger partial charge on any atom is -0.388 e. The molecule has 0 fully saturated rings. The number of aliphatic hydroxyl groups is 1. The number of carbonyl (C=O) groups is 1. The Morgan fingerprint density at radius 1 is 0.688 bits per heavy atom. The molecule has 3 nitrogen and oxygen atoms in total. The number of hydrogen-bond acceptors (Lipinski definition) is 2. The van der Waals surface area contributed by atoms with Crippen molar-refractivity contribution in [3.63, 3.8) is 0 Å². The molecule has 0 aromatic carbocycles. The van der Waals surface area contributed by atoms with E-state index < -0.39 is 5.60 Å². The van der Waals surface area contributed by atoms with E-state index >= 15 is 0 Å². The summed E-state index contributed by atoms with van der Waals surface area (Å²) in [4.78, 5) is 12.1. The third kappa shape index (κ3) is 20.1. The molecular formula is C29H49NO2. The first-order chi connectivity index (χ1) is 15.6. The molecule has 0 rings (SSSR count). The number of rotatable bonds is 20. The molecule has 2 N–H and O–H groups in total. The van der Waals surface area contributed by atoms with Gasteiger partial charge in [0.1, 0.15) is 0 Å². The summed E-state index contributed by atoms with van der Waals surface area (Å²) in [6.45, 7) is 6.87. The topological polar surface area (TPSA) is 49.3 Å². The second kappa shape index (κ2) is 22.3. The fourth-order valence-corrected chi connectivity index (χ4v) is 3.35. The maximum absolute atomic E-state index is 12.1. The van der Waals surface area contributed by atoms with Gasteiger partial charge in [-0.1, -0.05) is 127 Å². The lowest BCUT2D eigenvalue weighted by molar-refractivity contribution is -0.118. The molecule has 32 heavy (non-hydrogen) atoms. The van der Waals surface area contributed by atoms with Crippen molar-refractivity contribution in [3.05, 3.63) is 60.8 Å². The zero-order valence-corrected chi connectivity index (χ0v) is 21.0. The Bertz CT molecular complexity index is 586. The Balaban J connectivity index is 4.23. The average Bonchev–Trinajstić information content (AvgIpc) is 2.79. The molecule has 0 aliphatic heterocycles. The van der Waals surface area contributed by atoms with Crippen molar-refractivity contribution in [1.82, 2.24) is 5.32 Å². The molecule has 0 saturated heterocycles. The van der Waals surface area contributed by atoms with E-state index in [1.165, 1.54) is 25.3 Å². The van der Waals surface area contributed by atoms with E-state index in [1.54, 1.807) is 6.08 Å². The largest absolute Gasteiger partial charge is 0.388 e. The second-order valence-electron chi connectivity index (χ2n) is 8.60. The molecule has 1 unspecified atom stereocenters. The van der Waals surface area contributed by atoms with Gasteiger partial charge in [0.15, 0.2) is 0 Å². The van der Waals surface area contributed by atoms with Gasteiger partial charge in [0.05, 0.1) is 5.60 Å². The number of carbonyl (C=O) groups excluding carboxylic acids is 1. The Hall–Kier alpha value is -1.87. The number of nitrogens with one attached hydrogen (secondary N) is 1. The summed E-state index contributed by atoms with van der Waals surface area (Å²) >= 11 is 0. The molecule has 0 aromatic heterocycles. The zero-order valence-electron chi connectivity index (χ0n) is 21.0. The molecule has 0 saturated carbocycles. The summed E-state index contributed by atoms with van der Waals surface area (Å²) < 4.78 is 0. The summed E-state index contributed by atoms with van der Waals surface area (Å²) in [7, 11) is 0. The fourth-order valence-electron chi connectivity index (χ4n) is 3.35. The van der Waals surface area contributed by atoms with E-state index in [2.05, 4.69) is 56.5 Å². The molecule has 0 aliphatic carbocycles. The van der Waals surface area contributed by atoms with Crippen molar-refractivity contribution >= 4 is 5.91 Å². The van der Waals surface area contributed by atoms with Gasteiger partial charge in [0.25, 0.3) is 0 Å². The third-order valence-electron chi connectivity index (χ3n) is 5.39. The Labute approximate surface area is 198 Å². The number of allylic oxidation sites excluding steroid dienone is 9. The van der Waals surface area contributed by atoms with Gasteiger partial charge in [0.2, 0.25) is 5.91 Å². The lowest BCUT2D eigenvalue weighted by Crippen LogP contribution is -2.42. The van der Waals surface area contributed by atoms with Crippen molar-refractivity contribution in [1.29, 1.82) is 0 Å². The van der Waals surface area contributed by atoms with Crippen LogP contribution in [0.25, 0.3) is 0 Å². The summed E-state index contributed by atoms with van der Waals surface area (Å²) in [6.07, 6.45) is 33.5. The molecule has 0 radical (unpaired) electrons. The highest BCUT2D eigenvalue weighted by molar-refractivity contribution is 5.87. The van der Waals surface area contributed by atoms with E-state index in [0.717, 1.165) is 64.2 Å². The summed E-state index contributed by atoms with van der Waals surface area (Å²) in [5.74, 6) is -0.151. The molecule has 1 amide bonds. The molecular weight excluding hydrogens is 394 g/mol. The van der Waals surface area contributed by atoms with Crippen LogP contribution in [0.5, 0.6) is 0 Å². The lowest BCUT2D eigenvalue weighted by Gasteiger charge is -2.28. The SMILES string of the molecule is CCCC=CC=CCCC=CC=CC=CC(=O)NCC(O)(CCCCC)CCCCCC. The number of hydrogen-bond donors (Lipinski definition) is 2. The third-order valence-corrected chi connectivity index (χ3v) is 5.39. The molecule has 0 aromatic rings. The molecule has 0 aliphatic rings. The molecule has 1 atom stereocenters. The van der Waals surface area contributed by atoms with E-state index in [0.29, 0.717) is 6.54 Å². The van der Waals surface area contributed by atoms with Gasteiger partial charge in [-0.05, 0) is 32.1 Å². The maximum Gasteiger partial charge on any atom is 0.244 e. The first kappa shape index (κ1) is 30.1. The molecule has 0 spiro atoms. The van der Waals surface area contributed by atoms with Crippen molar-refractivity contribution in [2.75, 3.05) is 6.54 Å². The average molecular weight is 444 g/mol.